The zero-order valence-corrected chi connectivity index (χ0v) is 25.2. The number of hydrogen-bond acceptors (Lipinski definition) is 3. The molecular weight excluding hydrogens is 553 g/mol. The van der Waals surface area contributed by atoms with Crippen LogP contribution in [0.3, 0.4) is 0 Å². The minimum Gasteiger partial charge on any atom is -0.497 e. The molecule has 7 heteroatoms. The lowest BCUT2D eigenvalue weighted by Gasteiger charge is -2.36. The maximum absolute atomic E-state index is 16.2. The molecule has 3 unspecified atom stereocenters. The van der Waals surface area contributed by atoms with Crippen LogP contribution in [-0.2, 0) is 22.5 Å². The van der Waals surface area contributed by atoms with Gasteiger partial charge < -0.3 is 14.6 Å². The quantitative estimate of drug-likeness (QED) is 0.298. The molecule has 1 saturated carbocycles. The molecule has 1 fully saturated rings. The number of carboxylic acid groups (broad SMARTS) is 1. The van der Waals surface area contributed by atoms with Crippen LogP contribution in [0.1, 0.15) is 75.6 Å². The molecule has 3 aromatic carbocycles. The van der Waals surface area contributed by atoms with Crippen molar-refractivity contribution in [3.8, 4) is 22.6 Å². The first-order chi connectivity index (χ1) is 20.3. The first kappa shape index (κ1) is 29.3. The van der Waals surface area contributed by atoms with Crippen molar-refractivity contribution in [2.75, 3.05) is 7.11 Å². The van der Waals surface area contributed by atoms with E-state index in [0.717, 1.165) is 35.1 Å². The molecule has 1 N–H and O–H groups in total. The number of hydrogen-bond donors (Lipinski definition) is 1. The zero-order chi connectivity index (χ0) is 30.9. The van der Waals surface area contributed by atoms with Crippen molar-refractivity contribution in [1.29, 1.82) is 0 Å². The minimum atomic E-state index is -1.76. The van der Waals surface area contributed by atoms with Gasteiger partial charge in [-0.05, 0) is 102 Å². The third-order valence-electron chi connectivity index (χ3n) is 10.2. The molecule has 0 bridgehead atoms. The number of ether oxygens (including phenoxy) is 2. The first-order valence-corrected chi connectivity index (χ1v) is 14.9. The second kappa shape index (κ2) is 10.2. The average molecular weight is 591 g/mol. The number of methoxy groups -OCH3 is 1. The summed E-state index contributed by atoms with van der Waals surface area (Å²) in [5.41, 5.74) is 1.44. The van der Waals surface area contributed by atoms with Gasteiger partial charge in [-0.1, -0.05) is 45.0 Å². The van der Waals surface area contributed by atoms with E-state index in [1.165, 1.54) is 19.1 Å². The Bertz CT molecular complexity index is 1660. The molecule has 4 atom stereocenters. The molecule has 0 heterocycles. The number of aliphatic carboxylic acids is 1. The van der Waals surface area contributed by atoms with Crippen molar-refractivity contribution >= 4 is 11.5 Å². The SMILES string of the molecule is COc1ccc(F)c(-c2ccc(COc3ccc4c(c3F)C3(CCC4(C)F)C(C(=O)O)[C@@H]3C)cc2C2=CCCC2(C)C)c1. The molecule has 0 saturated heterocycles. The van der Waals surface area contributed by atoms with Gasteiger partial charge in [-0.15, -0.1) is 0 Å². The van der Waals surface area contributed by atoms with Gasteiger partial charge >= 0.3 is 5.97 Å². The van der Waals surface area contributed by atoms with Crippen molar-refractivity contribution in [3.63, 3.8) is 0 Å². The molecule has 1 spiro atoms. The van der Waals surface area contributed by atoms with E-state index in [1.807, 2.05) is 18.2 Å². The van der Waals surface area contributed by atoms with Crippen LogP contribution in [0, 0.1) is 28.9 Å². The maximum atomic E-state index is 16.2. The van der Waals surface area contributed by atoms with E-state index in [0.29, 0.717) is 11.3 Å². The number of benzene rings is 3. The van der Waals surface area contributed by atoms with Crippen molar-refractivity contribution in [2.45, 2.75) is 71.1 Å². The van der Waals surface area contributed by atoms with Gasteiger partial charge in [0.1, 0.15) is 23.8 Å². The molecule has 226 valence electrons. The Morgan fingerprint density at radius 2 is 1.74 bits per heavy atom. The number of carbonyl (C=O) groups is 1. The van der Waals surface area contributed by atoms with Crippen LogP contribution < -0.4 is 9.47 Å². The predicted molar refractivity (Wildman–Crippen MR) is 160 cm³/mol. The van der Waals surface area contributed by atoms with Gasteiger partial charge in [-0.2, -0.15) is 0 Å². The summed E-state index contributed by atoms with van der Waals surface area (Å²) in [6, 6.07) is 13.3. The van der Waals surface area contributed by atoms with E-state index in [1.54, 1.807) is 32.2 Å². The van der Waals surface area contributed by atoms with Gasteiger partial charge in [0, 0.05) is 16.5 Å². The lowest BCUT2D eigenvalue weighted by atomic mass is 9.71. The van der Waals surface area contributed by atoms with Gasteiger partial charge in [0.05, 0.1) is 13.0 Å². The molecule has 0 amide bonds. The smallest absolute Gasteiger partial charge is 0.307 e. The summed E-state index contributed by atoms with van der Waals surface area (Å²) < 4.78 is 58.3. The number of carboxylic acids is 1. The molecule has 3 aliphatic rings. The summed E-state index contributed by atoms with van der Waals surface area (Å²) >= 11 is 0. The molecule has 0 radical (unpaired) electrons. The topological polar surface area (TPSA) is 55.8 Å². The Balaban J connectivity index is 1.37. The predicted octanol–water partition coefficient (Wildman–Crippen LogP) is 8.99. The van der Waals surface area contributed by atoms with Crippen LogP contribution in [0.15, 0.2) is 54.6 Å². The van der Waals surface area contributed by atoms with Crippen molar-refractivity contribution in [3.05, 3.63) is 88.5 Å². The molecular formula is C36H37F3O4. The molecule has 0 aliphatic heterocycles. The fourth-order valence-electron chi connectivity index (χ4n) is 7.69. The summed E-state index contributed by atoms with van der Waals surface area (Å²) in [6.45, 7) is 7.58. The highest BCUT2D eigenvalue weighted by molar-refractivity contribution is 5.85. The van der Waals surface area contributed by atoms with Gasteiger partial charge in [-0.3, -0.25) is 4.79 Å². The van der Waals surface area contributed by atoms with Gasteiger partial charge in [-0.25, -0.2) is 13.2 Å². The molecule has 4 nitrogen and oxygen atoms in total. The van der Waals surface area contributed by atoms with E-state index in [9.17, 15) is 9.90 Å². The number of fused-ring (bicyclic) bond motifs is 2. The summed E-state index contributed by atoms with van der Waals surface area (Å²) in [4.78, 5) is 12.0. The first-order valence-electron chi connectivity index (χ1n) is 14.9. The minimum absolute atomic E-state index is 0.0229. The molecule has 6 rings (SSSR count). The van der Waals surface area contributed by atoms with Gasteiger partial charge in [0.2, 0.25) is 0 Å². The Hall–Kier alpha value is -3.74. The van der Waals surface area contributed by atoms with E-state index < -0.39 is 28.8 Å². The lowest BCUT2D eigenvalue weighted by Crippen LogP contribution is -2.32. The van der Waals surface area contributed by atoms with Gasteiger partial charge in [0.25, 0.3) is 0 Å². The number of halogens is 3. The average Bonchev–Trinajstić information content (AvgIpc) is 3.39. The highest BCUT2D eigenvalue weighted by Gasteiger charge is 2.70. The third kappa shape index (κ3) is 4.63. The van der Waals surface area contributed by atoms with E-state index in [-0.39, 0.29) is 53.5 Å². The summed E-state index contributed by atoms with van der Waals surface area (Å²) in [5, 5.41) is 9.83. The lowest BCUT2D eigenvalue weighted by molar-refractivity contribution is -0.139. The van der Waals surface area contributed by atoms with Crippen LogP contribution in [0.2, 0.25) is 0 Å². The fraction of sp³-hybridized carbons (Fsp3) is 0.417. The molecule has 0 aromatic heterocycles. The summed E-state index contributed by atoms with van der Waals surface area (Å²) in [5.74, 6) is -2.59. The monoisotopic (exact) mass is 590 g/mol. The Morgan fingerprint density at radius 3 is 2.40 bits per heavy atom. The van der Waals surface area contributed by atoms with Crippen LogP contribution in [-0.4, -0.2) is 18.2 Å². The van der Waals surface area contributed by atoms with Crippen LogP contribution in [0.25, 0.3) is 16.7 Å². The number of allylic oxidation sites excluding steroid dienone is 2. The maximum Gasteiger partial charge on any atom is 0.307 e. The number of rotatable bonds is 7. The van der Waals surface area contributed by atoms with Crippen molar-refractivity contribution < 1.29 is 32.5 Å². The number of alkyl halides is 1. The second-order valence-electron chi connectivity index (χ2n) is 13.2. The summed E-state index contributed by atoms with van der Waals surface area (Å²) in [6.07, 6.45) is 4.47. The van der Waals surface area contributed by atoms with E-state index in [4.69, 9.17) is 9.47 Å². The Morgan fingerprint density at radius 1 is 0.977 bits per heavy atom. The molecule has 3 aliphatic carbocycles. The molecule has 43 heavy (non-hydrogen) atoms. The third-order valence-corrected chi connectivity index (χ3v) is 10.2. The highest BCUT2D eigenvalue weighted by atomic mass is 19.1. The Labute approximate surface area is 250 Å². The normalized spacial score (nSPS) is 27.0. The van der Waals surface area contributed by atoms with Gasteiger partial charge in [0.15, 0.2) is 11.6 Å². The van der Waals surface area contributed by atoms with Crippen LogP contribution >= 0.6 is 0 Å². The van der Waals surface area contributed by atoms with Crippen LogP contribution in [0.4, 0.5) is 13.2 Å². The van der Waals surface area contributed by atoms with Crippen LogP contribution in [0.5, 0.6) is 11.5 Å². The second-order valence-corrected chi connectivity index (χ2v) is 13.2. The fourth-order valence-corrected chi connectivity index (χ4v) is 7.69. The molecule has 3 aromatic rings. The highest BCUT2D eigenvalue weighted by Crippen LogP contribution is 2.68. The van der Waals surface area contributed by atoms with E-state index in [2.05, 4.69) is 19.9 Å². The standard InChI is InChI=1S/C36H37F3O4/c1-20-30(33(40)41)36(20)16-15-35(4,39)27-11-13-29(32(38)31(27)36)43-19-21-8-10-23(25-18-22(42-5)9-12-28(25)37)24(17-21)26-7-6-14-34(26,2)3/h7-13,17-18,20,30H,6,14-16,19H2,1-5H3,(H,40,41)/t20-,30?,35?,36?/m0/s1. The van der Waals surface area contributed by atoms with E-state index >= 15 is 13.2 Å². The largest absolute Gasteiger partial charge is 0.497 e. The Kier molecular flexibility index (Phi) is 6.94. The van der Waals surface area contributed by atoms with Crippen molar-refractivity contribution in [2.24, 2.45) is 17.3 Å². The zero-order valence-electron chi connectivity index (χ0n) is 25.2. The summed E-state index contributed by atoms with van der Waals surface area (Å²) in [7, 11) is 1.54. The van der Waals surface area contributed by atoms with Crippen molar-refractivity contribution in [1.82, 2.24) is 0 Å².